The Balaban J connectivity index is 1.97. The van der Waals surface area contributed by atoms with Crippen LogP contribution < -0.4 is 10.7 Å². The Morgan fingerprint density at radius 1 is 1.30 bits per heavy atom. The SMILES string of the molecule is Cc1cccc(NC(=O)N/N=C/c2ccc(O)c([N+](=O)[O-])c2)c1. The molecule has 2 rings (SSSR count). The van der Waals surface area contributed by atoms with Gasteiger partial charge < -0.3 is 10.4 Å². The van der Waals surface area contributed by atoms with E-state index in [2.05, 4.69) is 15.8 Å². The van der Waals surface area contributed by atoms with Gasteiger partial charge in [0.1, 0.15) is 0 Å². The molecule has 0 saturated heterocycles. The van der Waals surface area contributed by atoms with Gasteiger partial charge in [-0.1, -0.05) is 12.1 Å². The molecule has 0 saturated carbocycles. The summed E-state index contributed by atoms with van der Waals surface area (Å²) in [6.07, 6.45) is 1.24. The number of urea groups is 1. The first-order valence-electron chi connectivity index (χ1n) is 6.60. The second-order valence-electron chi connectivity index (χ2n) is 4.70. The third-order valence-corrected chi connectivity index (χ3v) is 2.85. The third-order valence-electron chi connectivity index (χ3n) is 2.85. The fourth-order valence-electron chi connectivity index (χ4n) is 1.81. The summed E-state index contributed by atoms with van der Waals surface area (Å²) in [6, 6.07) is 10.5. The number of nitro groups is 1. The van der Waals surface area contributed by atoms with Gasteiger partial charge in [-0.25, -0.2) is 10.2 Å². The molecule has 23 heavy (non-hydrogen) atoms. The van der Waals surface area contributed by atoms with Gasteiger partial charge in [0.25, 0.3) is 0 Å². The predicted molar refractivity (Wildman–Crippen MR) is 85.7 cm³/mol. The predicted octanol–water partition coefficient (Wildman–Crippen LogP) is 2.76. The highest BCUT2D eigenvalue weighted by molar-refractivity contribution is 5.90. The molecule has 118 valence electrons. The average Bonchev–Trinajstić information content (AvgIpc) is 2.48. The van der Waals surface area contributed by atoms with Crippen molar-refractivity contribution in [3.8, 4) is 5.75 Å². The molecule has 0 spiro atoms. The minimum absolute atomic E-state index is 0.366. The molecule has 0 radical (unpaired) electrons. The number of anilines is 1. The van der Waals surface area contributed by atoms with Gasteiger partial charge in [0, 0.05) is 17.3 Å². The standard InChI is InChI=1S/C15H14N4O4/c1-10-3-2-4-12(7-10)17-15(21)18-16-9-11-5-6-14(20)13(8-11)19(22)23/h2-9,20H,1H3,(H2,17,18,21)/b16-9+. The fourth-order valence-corrected chi connectivity index (χ4v) is 1.81. The number of nitrogens with zero attached hydrogens (tertiary/aromatic N) is 2. The maximum atomic E-state index is 11.7. The van der Waals surface area contributed by atoms with E-state index in [1.54, 1.807) is 12.1 Å². The zero-order chi connectivity index (χ0) is 16.8. The number of benzene rings is 2. The van der Waals surface area contributed by atoms with Gasteiger partial charge in [0.2, 0.25) is 0 Å². The first-order valence-corrected chi connectivity index (χ1v) is 6.60. The van der Waals surface area contributed by atoms with Crippen molar-refractivity contribution in [1.29, 1.82) is 0 Å². The molecule has 0 aromatic heterocycles. The summed E-state index contributed by atoms with van der Waals surface area (Å²) in [5.41, 5.74) is 3.81. The molecule has 0 heterocycles. The molecule has 3 N–H and O–H groups in total. The van der Waals surface area contributed by atoms with E-state index in [0.717, 1.165) is 11.6 Å². The minimum atomic E-state index is -0.704. The molecule has 0 aliphatic heterocycles. The number of nitro benzene ring substituents is 1. The summed E-state index contributed by atoms with van der Waals surface area (Å²) >= 11 is 0. The van der Waals surface area contributed by atoms with Crippen LogP contribution in [0.25, 0.3) is 0 Å². The number of phenols is 1. The summed E-state index contributed by atoms with van der Waals surface area (Å²) in [7, 11) is 0. The number of hydrazone groups is 1. The number of aryl methyl sites for hydroxylation is 1. The van der Waals surface area contributed by atoms with Gasteiger partial charge in [-0.05, 0) is 36.8 Å². The van der Waals surface area contributed by atoms with Crippen molar-refractivity contribution in [3.63, 3.8) is 0 Å². The molecule has 0 fully saturated rings. The van der Waals surface area contributed by atoms with E-state index in [1.807, 2.05) is 19.1 Å². The lowest BCUT2D eigenvalue weighted by Crippen LogP contribution is -2.24. The topological polar surface area (TPSA) is 117 Å². The van der Waals surface area contributed by atoms with Crippen molar-refractivity contribution in [3.05, 3.63) is 63.7 Å². The first-order chi connectivity index (χ1) is 11.0. The number of rotatable bonds is 4. The number of hydrogen-bond donors (Lipinski definition) is 3. The molecule has 2 amide bonds. The number of nitrogens with one attached hydrogen (secondary N) is 2. The van der Waals surface area contributed by atoms with Crippen molar-refractivity contribution >= 4 is 23.6 Å². The summed E-state index contributed by atoms with van der Waals surface area (Å²) in [6.45, 7) is 1.90. The lowest BCUT2D eigenvalue weighted by atomic mass is 10.2. The minimum Gasteiger partial charge on any atom is -0.502 e. The second-order valence-corrected chi connectivity index (χ2v) is 4.70. The van der Waals surface area contributed by atoms with E-state index in [1.165, 1.54) is 18.3 Å². The molecular weight excluding hydrogens is 300 g/mol. The zero-order valence-electron chi connectivity index (χ0n) is 12.2. The molecule has 0 aliphatic rings. The van der Waals surface area contributed by atoms with Gasteiger partial charge in [-0.3, -0.25) is 10.1 Å². The van der Waals surface area contributed by atoms with E-state index in [4.69, 9.17) is 0 Å². The fraction of sp³-hybridized carbons (Fsp3) is 0.0667. The van der Waals surface area contributed by atoms with Crippen LogP contribution in [-0.4, -0.2) is 22.3 Å². The van der Waals surface area contributed by atoms with E-state index in [0.29, 0.717) is 11.3 Å². The van der Waals surface area contributed by atoms with Crippen LogP contribution in [0.15, 0.2) is 47.6 Å². The largest absolute Gasteiger partial charge is 0.502 e. The van der Waals surface area contributed by atoms with E-state index < -0.39 is 22.4 Å². The van der Waals surface area contributed by atoms with Crippen LogP contribution >= 0.6 is 0 Å². The number of carbonyl (C=O) groups is 1. The summed E-state index contributed by atoms with van der Waals surface area (Å²) < 4.78 is 0. The second kappa shape index (κ2) is 7.03. The molecule has 0 atom stereocenters. The van der Waals surface area contributed by atoms with Crippen LogP contribution in [-0.2, 0) is 0 Å². The van der Waals surface area contributed by atoms with Crippen LogP contribution in [0.3, 0.4) is 0 Å². The molecular formula is C15H14N4O4. The van der Waals surface area contributed by atoms with E-state index in [9.17, 15) is 20.0 Å². The van der Waals surface area contributed by atoms with Gasteiger partial charge in [0.05, 0.1) is 11.1 Å². The maximum absolute atomic E-state index is 11.7. The van der Waals surface area contributed by atoms with E-state index in [-0.39, 0.29) is 0 Å². The van der Waals surface area contributed by atoms with Crippen LogP contribution in [0.1, 0.15) is 11.1 Å². The molecule has 0 aliphatic carbocycles. The Morgan fingerprint density at radius 3 is 2.78 bits per heavy atom. The van der Waals surface area contributed by atoms with Gasteiger partial charge in [0.15, 0.2) is 5.75 Å². The van der Waals surface area contributed by atoms with Crippen molar-refractivity contribution in [1.82, 2.24) is 5.43 Å². The third kappa shape index (κ3) is 4.53. The average molecular weight is 314 g/mol. The van der Waals surface area contributed by atoms with Gasteiger partial charge >= 0.3 is 11.7 Å². The van der Waals surface area contributed by atoms with E-state index >= 15 is 0 Å². The van der Waals surface area contributed by atoms with Crippen molar-refractivity contribution in [2.75, 3.05) is 5.32 Å². The smallest absolute Gasteiger partial charge is 0.339 e. The number of phenolic OH excluding ortho intramolecular Hbond substituents is 1. The summed E-state index contributed by atoms with van der Waals surface area (Å²) in [5, 5.41) is 26.3. The lowest BCUT2D eigenvalue weighted by Gasteiger charge is -2.04. The van der Waals surface area contributed by atoms with Crippen molar-refractivity contribution < 1.29 is 14.8 Å². The van der Waals surface area contributed by atoms with Crippen LogP contribution in [0.2, 0.25) is 0 Å². The Bertz CT molecular complexity index is 774. The quantitative estimate of drug-likeness (QED) is 0.457. The maximum Gasteiger partial charge on any atom is 0.339 e. The molecule has 2 aromatic rings. The number of aromatic hydroxyl groups is 1. The van der Waals surface area contributed by atoms with Gasteiger partial charge in [-0.2, -0.15) is 5.10 Å². The normalized spacial score (nSPS) is 10.5. The monoisotopic (exact) mass is 314 g/mol. The lowest BCUT2D eigenvalue weighted by molar-refractivity contribution is -0.385. The Morgan fingerprint density at radius 2 is 2.09 bits per heavy atom. The number of carbonyl (C=O) groups excluding carboxylic acids is 1. The molecule has 2 aromatic carbocycles. The van der Waals surface area contributed by atoms with Crippen molar-refractivity contribution in [2.45, 2.75) is 6.92 Å². The van der Waals surface area contributed by atoms with Crippen LogP contribution in [0.5, 0.6) is 5.75 Å². The Kier molecular flexibility index (Phi) is 4.88. The van der Waals surface area contributed by atoms with Crippen molar-refractivity contribution in [2.24, 2.45) is 5.10 Å². The summed E-state index contributed by atoms with van der Waals surface area (Å²) in [5.74, 6) is -0.433. The van der Waals surface area contributed by atoms with Crippen LogP contribution in [0.4, 0.5) is 16.2 Å². The molecule has 0 bridgehead atoms. The molecule has 8 heteroatoms. The highest BCUT2D eigenvalue weighted by atomic mass is 16.6. The first kappa shape index (κ1) is 16.0. The van der Waals surface area contributed by atoms with Crippen LogP contribution in [0, 0.1) is 17.0 Å². The Labute approximate surface area is 131 Å². The molecule has 0 unspecified atom stereocenters. The van der Waals surface area contributed by atoms with Gasteiger partial charge in [-0.15, -0.1) is 0 Å². The number of amides is 2. The zero-order valence-corrected chi connectivity index (χ0v) is 12.2. The molecule has 8 nitrogen and oxygen atoms in total. The highest BCUT2D eigenvalue weighted by Gasteiger charge is 2.12. The number of hydrogen-bond acceptors (Lipinski definition) is 5. The highest BCUT2D eigenvalue weighted by Crippen LogP contribution is 2.25. The summed E-state index contributed by atoms with van der Waals surface area (Å²) in [4.78, 5) is 21.7. The Hall–Kier alpha value is -3.42.